The summed E-state index contributed by atoms with van der Waals surface area (Å²) in [5.41, 5.74) is 8.77. The van der Waals surface area contributed by atoms with Gasteiger partial charge in [-0.05, 0) is 42.5 Å². The van der Waals surface area contributed by atoms with E-state index in [1.807, 2.05) is 6.07 Å². The molecule has 1 aromatic rings. The van der Waals surface area contributed by atoms with Crippen LogP contribution in [0.3, 0.4) is 0 Å². The summed E-state index contributed by atoms with van der Waals surface area (Å²) in [6.07, 6.45) is 3.10. The van der Waals surface area contributed by atoms with Crippen LogP contribution in [0.1, 0.15) is 17.5 Å². The molecule has 1 atom stereocenters. The Labute approximate surface area is 115 Å². The van der Waals surface area contributed by atoms with E-state index in [9.17, 15) is 0 Å². The zero-order valence-corrected chi connectivity index (χ0v) is 11.9. The van der Waals surface area contributed by atoms with Crippen molar-refractivity contribution in [2.75, 3.05) is 33.9 Å². The second-order valence-electron chi connectivity index (χ2n) is 5.22. The van der Waals surface area contributed by atoms with Crippen molar-refractivity contribution in [1.29, 1.82) is 0 Å². The van der Waals surface area contributed by atoms with Crippen LogP contribution in [-0.4, -0.2) is 39.5 Å². The number of benzene rings is 1. The summed E-state index contributed by atoms with van der Waals surface area (Å²) in [5.74, 6) is 0.920. The summed E-state index contributed by atoms with van der Waals surface area (Å²) in [6, 6.07) is 6.34. The van der Waals surface area contributed by atoms with Gasteiger partial charge in [0, 0.05) is 25.7 Å². The lowest BCUT2D eigenvalue weighted by atomic mass is 9.78. The lowest BCUT2D eigenvalue weighted by Crippen LogP contribution is -2.55. The molecule has 0 amide bonds. The molecule has 4 nitrogen and oxygen atoms in total. The molecule has 19 heavy (non-hydrogen) atoms. The van der Waals surface area contributed by atoms with Crippen molar-refractivity contribution in [2.45, 2.75) is 24.8 Å². The molecule has 3 N–H and O–H groups in total. The van der Waals surface area contributed by atoms with Crippen molar-refractivity contribution in [3.05, 3.63) is 29.3 Å². The number of hydrogen-bond acceptors (Lipinski definition) is 4. The van der Waals surface area contributed by atoms with Crippen LogP contribution in [0.25, 0.3) is 0 Å². The average Bonchev–Trinajstić information content (AvgIpc) is 2.46. The Morgan fingerprint density at radius 3 is 2.84 bits per heavy atom. The average molecular weight is 264 g/mol. The first-order chi connectivity index (χ1) is 9.23. The Morgan fingerprint density at radius 1 is 1.32 bits per heavy atom. The molecule has 1 unspecified atom stereocenters. The molecular formula is C15H24N2O2. The Morgan fingerprint density at radius 2 is 2.16 bits per heavy atom. The molecule has 0 spiro atoms. The number of aryl methyl sites for hydroxylation is 1. The van der Waals surface area contributed by atoms with E-state index in [0.717, 1.165) is 31.6 Å². The molecule has 0 saturated heterocycles. The molecule has 2 rings (SSSR count). The first-order valence-corrected chi connectivity index (χ1v) is 6.83. The molecule has 0 bridgehead atoms. The highest BCUT2D eigenvalue weighted by Crippen LogP contribution is 2.30. The topological polar surface area (TPSA) is 56.5 Å². The lowest BCUT2D eigenvalue weighted by molar-refractivity contribution is 0.179. The number of nitrogens with two attached hydrogens (primary N) is 1. The summed E-state index contributed by atoms with van der Waals surface area (Å²) < 4.78 is 10.4. The largest absolute Gasteiger partial charge is 0.497 e. The Hall–Kier alpha value is -1.10. The molecule has 106 valence electrons. The van der Waals surface area contributed by atoms with Gasteiger partial charge in [-0.2, -0.15) is 0 Å². The van der Waals surface area contributed by atoms with Gasteiger partial charge < -0.3 is 20.5 Å². The highest BCUT2D eigenvalue weighted by molar-refractivity contribution is 5.39. The van der Waals surface area contributed by atoms with Gasteiger partial charge in [-0.25, -0.2) is 0 Å². The van der Waals surface area contributed by atoms with Crippen molar-refractivity contribution < 1.29 is 9.47 Å². The smallest absolute Gasteiger partial charge is 0.119 e. The second-order valence-corrected chi connectivity index (χ2v) is 5.22. The maximum absolute atomic E-state index is 6.01. The van der Waals surface area contributed by atoms with E-state index in [2.05, 4.69) is 17.4 Å². The monoisotopic (exact) mass is 264 g/mol. The highest BCUT2D eigenvalue weighted by atomic mass is 16.5. The molecule has 0 radical (unpaired) electrons. The fraction of sp³-hybridized carbons (Fsp3) is 0.600. The summed E-state index contributed by atoms with van der Waals surface area (Å²) >= 11 is 0. The van der Waals surface area contributed by atoms with E-state index in [4.69, 9.17) is 15.2 Å². The minimum Gasteiger partial charge on any atom is -0.497 e. The SMILES string of the molecule is COCCNC1(CN)CCc2ccc(OC)cc2C1. The van der Waals surface area contributed by atoms with Crippen LogP contribution in [0.4, 0.5) is 0 Å². The van der Waals surface area contributed by atoms with E-state index < -0.39 is 0 Å². The maximum atomic E-state index is 6.01. The number of nitrogens with one attached hydrogen (secondary N) is 1. The number of hydrogen-bond donors (Lipinski definition) is 2. The van der Waals surface area contributed by atoms with E-state index in [-0.39, 0.29) is 5.54 Å². The van der Waals surface area contributed by atoms with E-state index in [1.165, 1.54) is 11.1 Å². The van der Waals surface area contributed by atoms with Gasteiger partial charge in [-0.1, -0.05) is 6.07 Å². The van der Waals surface area contributed by atoms with Gasteiger partial charge in [0.2, 0.25) is 0 Å². The van der Waals surface area contributed by atoms with Crippen molar-refractivity contribution in [2.24, 2.45) is 5.73 Å². The van der Waals surface area contributed by atoms with Crippen LogP contribution in [0.15, 0.2) is 18.2 Å². The highest BCUT2D eigenvalue weighted by Gasteiger charge is 2.32. The zero-order valence-electron chi connectivity index (χ0n) is 11.9. The molecule has 0 aromatic heterocycles. The van der Waals surface area contributed by atoms with Crippen LogP contribution in [0, 0.1) is 0 Å². The Balaban J connectivity index is 2.13. The molecule has 0 aliphatic heterocycles. The fourth-order valence-electron chi connectivity index (χ4n) is 2.78. The van der Waals surface area contributed by atoms with Crippen molar-refractivity contribution in [3.8, 4) is 5.75 Å². The molecular weight excluding hydrogens is 240 g/mol. The van der Waals surface area contributed by atoms with Crippen LogP contribution in [0.2, 0.25) is 0 Å². The third kappa shape index (κ3) is 3.26. The van der Waals surface area contributed by atoms with Crippen molar-refractivity contribution in [1.82, 2.24) is 5.32 Å². The number of rotatable bonds is 6. The molecule has 4 heteroatoms. The summed E-state index contributed by atoms with van der Waals surface area (Å²) in [7, 11) is 3.43. The minimum atomic E-state index is -0.00209. The van der Waals surface area contributed by atoms with Gasteiger partial charge in [-0.3, -0.25) is 0 Å². The normalized spacial score (nSPS) is 22.1. The summed E-state index contributed by atoms with van der Waals surface area (Å²) in [4.78, 5) is 0. The summed E-state index contributed by atoms with van der Waals surface area (Å²) in [6.45, 7) is 2.20. The molecule has 1 aliphatic rings. The maximum Gasteiger partial charge on any atom is 0.119 e. The minimum absolute atomic E-state index is 0.00209. The quantitative estimate of drug-likeness (QED) is 0.756. The Bertz CT molecular complexity index is 423. The second kappa shape index (κ2) is 6.37. The van der Waals surface area contributed by atoms with Crippen molar-refractivity contribution >= 4 is 0 Å². The first-order valence-electron chi connectivity index (χ1n) is 6.83. The van der Waals surface area contributed by atoms with Crippen LogP contribution in [-0.2, 0) is 17.6 Å². The summed E-state index contributed by atoms with van der Waals surface area (Å²) in [5, 5.41) is 3.57. The molecule has 0 fully saturated rings. The molecule has 0 heterocycles. The molecule has 0 saturated carbocycles. The van der Waals surface area contributed by atoms with Crippen LogP contribution in [0.5, 0.6) is 5.75 Å². The lowest BCUT2D eigenvalue weighted by Gasteiger charge is -2.38. The van der Waals surface area contributed by atoms with Crippen LogP contribution >= 0.6 is 0 Å². The fourth-order valence-corrected chi connectivity index (χ4v) is 2.78. The van der Waals surface area contributed by atoms with Gasteiger partial charge in [-0.15, -0.1) is 0 Å². The van der Waals surface area contributed by atoms with Crippen LogP contribution < -0.4 is 15.8 Å². The van der Waals surface area contributed by atoms with E-state index in [0.29, 0.717) is 13.2 Å². The third-order valence-corrected chi connectivity index (χ3v) is 4.01. The number of ether oxygens (including phenoxy) is 2. The van der Waals surface area contributed by atoms with Gasteiger partial charge >= 0.3 is 0 Å². The predicted octanol–water partition coefficient (Wildman–Crippen LogP) is 1.12. The Kier molecular flexibility index (Phi) is 4.80. The number of methoxy groups -OCH3 is 2. The van der Waals surface area contributed by atoms with Gasteiger partial charge in [0.25, 0.3) is 0 Å². The molecule has 1 aromatic carbocycles. The van der Waals surface area contributed by atoms with E-state index >= 15 is 0 Å². The van der Waals surface area contributed by atoms with E-state index in [1.54, 1.807) is 14.2 Å². The predicted molar refractivity (Wildman–Crippen MR) is 76.7 cm³/mol. The number of fused-ring (bicyclic) bond motifs is 1. The first kappa shape index (κ1) is 14.3. The zero-order chi connectivity index (χ0) is 13.7. The van der Waals surface area contributed by atoms with Gasteiger partial charge in [0.05, 0.1) is 13.7 Å². The molecule has 1 aliphatic carbocycles. The van der Waals surface area contributed by atoms with Gasteiger partial charge in [0.1, 0.15) is 5.75 Å². The van der Waals surface area contributed by atoms with Crippen molar-refractivity contribution in [3.63, 3.8) is 0 Å². The standard InChI is InChI=1S/C15H24N2O2/c1-18-8-7-17-15(11-16)6-5-12-3-4-14(19-2)9-13(12)10-15/h3-4,9,17H,5-8,10-11,16H2,1-2H3. The third-order valence-electron chi connectivity index (χ3n) is 4.01. The van der Waals surface area contributed by atoms with Gasteiger partial charge in [0.15, 0.2) is 0 Å².